The Morgan fingerprint density at radius 3 is 1.20 bits per heavy atom. The van der Waals surface area contributed by atoms with Gasteiger partial charge in [0.05, 0.1) is 0 Å². The largest absolute Gasteiger partial charge is 2.00 e. The van der Waals surface area contributed by atoms with Crippen LogP contribution in [0.1, 0.15) is 5.71 Å². The normalized spacial score (nSPS) is 0. The maximum atomic E-state index is 0. The summed E-state index contributed by atoms with van der Waals surface area (Å²) in [4.78, 5) is 0. The molecule has 0 amide bonds. The van der Waals surface area contributed by atoms with Crippen molar-refractivity contribution >= 4 is 96.9 Å². The quantitative estimate of drug-likeness (QED) is 0.398. The van der Waals surface area contributed by atoms with Crippen LogP contribution >= 0.6 is 0 Å². The number of hydrogen-bond acceptors (Lipinski definition) is 0. The Hall–Kier alpha value is 3.52. The van der Waals surface area contributed by atoms with Gasteiger partial charge in [0, 0.05) is 17.1 Å². The van der Waals surface area contributed by atoms with Gasteiger partial charge in [-0.3, -0.25) is 0 Å². The first kappa shape index (κ1) is 38.9. The van der Waals surface area contributed by atoms with Gasteiger partial charge in [-0.15, -0.1) is 0 Å². The molecule has 1 radical (unpaired) electrons. The molecule has 0 saturated carbocycles. The van der Waals surface area contributed by atoms with E-state index in [0.717, 1.165) is 0 Å². The van der Waals surface area contributed by atoms with Crippen LogP contribution in [0.4, 0.5) is 0 Å². The van der Waals surface area contributed by atoms with Crippen molar-refractivity contribution in [3.8, 4) is 0 Å². The molecule has 33 valence electrons. The maximum absolute atomic E-state index is 0. The Bertz CT molecular complexity index is 20.5. The molecule has 0 atom stereocenters. The molecule has 0 unspecified atom stereocenters. The molecule has 5 heavy (non-hydrogen) atoms. The Morgan fingerprint density at radius 1 is 1.20 bits per heavy atom. The predicted octanol–water partition coefficient (Wildman–Crippen LogP) is -2.95. The Kier molecular flexibility index (Phi) is 201. The minimum atomic E-state index is 0. The van der Waals surface area contributed by atoms with E-state index in [0.29, 0.717) is 0 Å². The summed E-state index contributed by atoms with van der Waals surface area (Å²) in [5.41, 5.74) is 0. The summed E-state index contributed by atoms with van der Waals surface area (Å²) < 4.78 is 0. The van der Waals surface area contributed by atoms with Gasteiger partial charge in [0.2, 0.25) is 0 Å². The Balaban J connectivity index is 0. The molecule has 0 aromatic rings. The van der Waals surface area contributed by atoms with Gasteiger partial charge in [-0.25, -0.2) is 0 Å². The van der Waals surface area contributed by atoms with Gasteiger partial charge in [0.15, 0.2) is 17.4 Å². The van der Waals surface area contributed by atoms with Crippen molar-refractivity contribution in [3.05, 3.63) is 0 Å². The first-order chi connectivity index (χ1) is 0. The molecule has 0 aliphatic heterocycles. The minimum absolute atomic E-state index is 0. The standard InChI is InChI=1S/Al.Cu.Mg.H4Si.Sr.7H/h;;;1H4;;;;;;;;/q;;+2;;+2;;;;4*-1. The smallest absolute Gasteiger partial charge is 1.00 e. The molecule has 0 nitrogen and oxygen atoms in total. The zero-order chi connectivity index (χ0) is 0. The van der Waals surface area contributed by atoms with E-state index in [9.17, 15) is 0 Å². The van der Waals surface area contributed by atoms with Gasteiger partial charge in [0.25, 0.3) is 0 Å². The molecule has 0 fully saturated rings. The van der Waals surface area contributed by atoms with Crippen molar-refractivity contribution in [1.82, 2.24) is 0 Å². The van der Waals surface area contributed by atoms with Crippen LogP contribution in [-0.2, 0) is 17.1 Å². The Labute approximate surface area is 117 Å². The minimum Gasteiger partial charge on any atom is -1.00 e. The van der Waals surface area contributed by atoms with Gasteiger partial charge >= 0.3 is 68.5 Å². The van der Waals surface area contributed by atoms with E-state index in [1.807, 2.05) is 0 Å². The van der Waals surface area contributed by atoms with Crippen LogP contribution in [0.25, 0.3) is 0 Å². The van der Waals surface area contributed by atoms with Crippen LogP contribution in [0.3, 0.4) is 0 Å². The molecule has 0 bridgehead atoms. The summed E-state index contributed by atoms with van der Waals surface area (Å²) in [5, 5.41) is 0. The van der Waals surface area contributed by atoms with Crippen molar-refractivity contribution in [2.45, 2.75) is 0 Å². The molecule has 0 N–H and O–H groups in total. The van der Waals surface area contributed by atoms with E-state index in [-0.39, 0.29) is 120 Å². The molecule has 0 aliphatic rings. The fourth-order valence-electron chi connectivity index (χ4n) is 0. The zero-order valence-corrected chi connectivity index (χ0v) is 7.55. The van der Waals surface area contributed by atoms with Crippen molar-refractivity contribution in [3.63, 3.8) is 0 Å². The van der Waals surface area contributed by atoms with Crippen LogP contribution in [-0.4, -0.2) is 96.9 Å². The molecule has 0 spiro atoms. The van der Waals surface area contributed by atoms with Crippen LogP contribution in [0.2, 0.25) is 0 Å². The second-order valence-electron chi connectivity index (χ2n) is 0. The maximum Gasteiger partial charge on any atom is 2.00 e. The third-order valence-electron chi connectivity index (χ3n) is 0. The molecular weight excluding hydrogens is 231 g/mol. The molecule has 0 rings (SSSR count). The van der Waals surface area contributed by atoms with Crippen molar-refractivity contribution in [2.24, 2.45) is 0 Å². The third-order valence-corrected chi connectivity index (χ3v) is 0. The predicted molar refractivity (Wildman–Crippen MR) is 37.2 cm³/mol. The molecule has 0 heterocycles. The van der Waals surface area contributed by atoms with Crippen molar-refractivity contribution in [2.75, 3.05) is 0 Å². The van der Waals surface area contributed by atoms with Crippen LogP contribution in [0.5, 0.6) is 0 Å². The average molecular weight is 242 g/mol. The van der Waals surface area contributed by atoms with Crippen molar-refractivity contribution < 1.29 is 22.8 Å². The van der Waals surface area contributed by atoms with E-state index in [2.05, 4.69) is 0 Å². The summed E-state index contributed by atoms with van der Waals surface area (Å²) in [6.45, 7) is 0. The summed E-state index contributed by atoms with van der Waals surface area (Å²) in [7, 11) is 0. The fourth-order valence-corrected chi connectivity index (χ4v) is 0. The zero-order valence-electron chi connectivity index (χ0n) is 5.72. The molecule has 0 aromatic carbocycles. The van der Waals surface area contributed by atoms with Gasteiger partial charge in [-0.05, 0) is 11.0 Å². The monoisotopic (exact) mass is 241 g/mol. The van der Waals surface area contributed by atoms with Crippen LogP contribution in [0.15, 0.2) is 0 Å². The number of rotatable bonds is 0. The van der Waals surface area contributed by atoms with Gasteiger partial charge < -0.3 is 5.71 Å². The van der Waals surface area contributed by atoms with Gasteiger partial charge in [0.1, 0.15) is 0 Å². The van der Waals surface area contributed by atoms with E-state index in [1.165, 1.54) is 0 Å². The molecular formula is H11AlCuMgSiSr. The van der Waals surface area contributed by atoms with Gasteiger partial charge in [-0.2, -0.15) is 0 Å². The molecule has 0 saturated heterocycles. The first-order valence-electron chi connectivity index (χ1n) is 0. The van der Waals surface area contributed by atoms with Gasteiger partial charge in [-0.1, -0.05) is 0 Å². The first-order valence-corrected chi connectivity index (χ1v) is 0. The summed E-state index contributed by atoms with van der Waals surface area (Å²) in [5.74, 6) is 0. The van der Waals surface area contributed by atoms with E-state index < -0.39 is 0 Å². The van der Waals surface area contributed by atoms with Crippen LogP contribution < -0.4 is 0 Å². The number of hydrogen-bond donors (Lipinski definition) is 0. The van der Waals surface area contributed by atoms with Crippen molar-refractivity contribution in [1.29, 1.82) is 0 Å². The molecule has 5 heteroatoms. The fraction of sp³-hybridized carbons (Fsp3) is 0. The topological polar surface area (TPSA) is 0 Å². The van der Waals surface area contributed by atoms with E-state index >= 15 is 0 Å². The summed E-state index contributed by atoms with van der Waals surface area (Å²) in [6.07, 6.45) is 0. The average Bonchev–Trinajstić information content (AvgIpc) is 0. The third kappa shape index (κ3) is 18.5. The summed E-state index contributed by atoms with van der Waals surface area (Å²) in [6, 6.07) is 0. The second-order valence-corrected chi connectivity index (χ2v) is 0. The SMILES string of the molecule is [AlH3].[Cu].[H-].[H-].[H-].[H-].[Mg+2].[SiH4].[Sr+2]. The van der Waals surface area contributed by atoms with Crippen LogP contribution in [0, 0.1) is 0 Å². The Morgan fingerprint density at radius 2 is 1.20 bits per heavy atom. The summed E-state index contributed by atoms with van der Waals surface area (Å²) >= 11 is 0. The second kappa shape index (κ2) is 25.8. The molecule has 0 aliphatic carbocycles. The van der Waals surface area contributed by atoms with E-state index in [1.54, 1.807) is 0 Å². The van der Waals surface area contributed by atoms with E-state index in [4.69, 9.17) is 0 Å². The molecule has 0 aromatic heterocycles.